The average molecular weight is 386 g/mol. The Morgan fingerprint density at radius 2 is 1.68 bits per heavy atom. The average Bonchev–Trinajstić information content (AvgIpc) is 2.71. The molecule has 1 unspecified atom stereocenters. The zero-order chi connectivity index (χ0) is 20.1. The molecule has 1 N–H and O–H groups in total. The molecule has 1 aromatic carbocycles. The molecule has 1 aromatic rings. The number of nitrogens with one attached hydrogen (secondary N) is 1. The predicted octanol–water partition coefficient (Wildman–Crippen LogP) is 3.00. The van der Waals surface area contributed by atoms with Gasteiger partial charge in [0.05, 0.1) is 5.92 Å². The maximum Gasteiger partial charge on any atom is 0.253 e. The monoisotopic (exact) mass is 385 g/mol. The Hall–Kier alpha value is -1.88. The molecule has 2 amide bonds. The van der Waals surface area contributed by atoms with E-state index >= 15 is 0 Å². The predicted molar refractivity (Wildman–Crippen MR) is 112 cm³/mol. The topological polar surface area (TPSA) is 52.7 Å². The Morgan fingerprint density at radius 1 is 1.00 bits per heavy atom. The maximum absolute atomic E-state index is 13.1. The Balaban J connectivity index is 1.57. The van der Waals surface area contributed by atoms with E-state index in [2.05, 4.69) is 18.3 Å². The number of benzene rings is 1. The fraction of sp³-hybridized carbons (Fsp3) is 0.652. The van der Waals surface area contributed by atoms with Gasteiger partial charge in [0.25, 0.3) is 5.91 Å². The second-order valence-electron chi connectivity index (χ2n) is 8.54. The zero-order valence-corrected chi connectivity index (χ0v) is 17.7. The van der Waals surface area contributed by atoms with E-state index in [0.717, 1.165) is 75.1 Å². The molecule has 154 valence electrons. The third-order valence-corrected chi connectivity index (χ3v) is 6.14. The van der Waals surface area contributed by atoms with Crippen LogP contribution in [-0.4, -0.2) is 60.9 Å². The van der Waals surface area contributed by atoms with Crippen LogP contribution in [0.2, 0.25) is 0 Å². The molecule has 2 heterocycles. The largest absolute Gasteiger partial charge is 0.342 e. The lowest BCUT2D eigenvalue weighted by molar-refractivity contribution is -0.138. The first-order valence-electron chi connectivity index (χ1n) is 10.8. The summed E-state index contributed by atoms with van der Waals surface area (Å²) in [6.07, 6.45) is 3.96. The maximum atomic E-state index is 13.1. The lowest BCUT2D eigenvalue weighted by atomic mass is 9.92. The second kappa shape index (κ2) is 9.55. The molecular weight excluding hydrogens is 350 g/mol. The number of amides is 2. The third-order valence-electron chi connectivity index (χ3n) is 6.14. The minimum absolute atomic E-state index is 0.0473. The van der Waals surface area contributed by atoms with E-state index in [1.54, 1.807) is 0 Å². The quantitative estimate of drug-likeness (QED) is 0.848. The van der Waals surface area contributed by atoms with Crippen molar-refractivity contribution >= 4 is 11.8 Å². The Morgan fingerprint density at radius 3 is 2.32 bits per heavy atom. The van der Waals surface area contributed by atoms with Crippen molar-refractivity contribution in [3.05, 3.63) is 34.9 Å². The summed E-state index contributed by atoms with van der Waals surface area (Å²) < 4.78 is 0. The number of likely N-dealkylation sites (tertiary alicyclic amines) is 2. The van der Waals surface area contributed by atoms with Gasteiger partial charge in [0.15, 0.2) is 0 Å². The van der Waals surface area contributed by atoms with E-state index in [-0.39, 0.29) is 17.7 Å². The van der Waals surface area contributed by atoms with Gasteiger partial charge in [0, 0.05) is 31.7 Å². The summed E-state index contributed by atoms with van der Waals surface area (Å²) in [5.74, 6) is 0.945. The number of hydrogen-bond acceptors (Lipinski definition) is 3. The van der Waals surface area contributed by atoms with Crippen LogP contribution in [0.5, 0.6) is 0 Å². The highest BCUT2D eigenvalue weighted by Gasteiger charge is 2.33. The summed E-state index contributed by atoms with van der Waals surface area (Å²) in [6, 6.07) is 5.99. The summed E-state index contributed by atoms with van der Waals surface area (Å²) in [4.78, 5) is 30.0. The Labute approximate surface area is 169 Å². The molecule has 0 radical (unpaired) electrons. The van der Waals surface area contributed by atoms with Crippen molar-refractivity contribution < 1.29 is 9.59 Å². The standard InChI is InChI=1S/C23H35N3O2/c1-4-24-15-19-7-10-25(11-8-19)22(27)20-6-5-9-26(16-20)23(28)21-13-17(2)12-18(3)14-21/h12-14,19-20,24H,4-11,15-16H2,1-3H3. The molecule has 28 heavy (non-hydrogen) atoms. The Kier molecular flexibility index (Phi) is 7.11. The first-order valence-corrected chi connectivity index (χ1v) is 10.8. The fourth-order valence-corrected chi connectivity index (χ4v) is 4.61. The molecule has 5 nitrogen and oxygen atoms in total. The molecule has 0 spiro atoms. The molecule has 2 aliphatic heterocycles. The molecule has 0 saturated carbocycles. The molecule has 2 aliphatic rings. The zero-order valence-electron chi connectivity index (χ0n) is 17.7. The van der Waals surface area contributed by atoms with Gasteiger partial charge in [-0.3, -0.25) is 9.59 Å². The first kappa shape index (κ1) is 20.8. The van der Waals surface area contributed by atoms with E-state index in [1.807, 2.05) is 35.8 Å². The molecule has 2 fully saturated rings. The van der Waals surface area contributed by atoms with Gasteiger partial charge in [-0.15, -0.1) is 0 Å². The number of aryl methyl sites for hydroxylation is 2. The van der Waals surface area contributed by atoms with Crippen LogP contribution >= 0.6 is 0 Å². The fourth-order valence-electron chi connectivity index (χ4n) is 4.61. The highest BCUT2D eigenvalue weighted by molar-refractivity contribution is 5.95. The third kappa shape index (κ3) is 5.13. The van der Waals surface area contributed by atoms with Crippen molar-refractivity contribution in [1.82, 2.24) is 15.1 Å². The lowest BCUT2D eigenvalue weighted by Crippen LogP contribution is -2.49. The normalized spacial score (nSPS) is 21.0. The van der Waals surface area contributed by atoms with Crippen LogP contribution in [0.15, 0.2) is 18.2 Å². The van der Waals surface area contributed by atoms with Crippen LogP contribution in [0.3, 0.4) is 0 Å². The van der Waals surface area contributed by atoms with E-state index in [4.69, 9.17) is 0 Å². The van der Waals surface area contributed by atoms with E-state index < -0.39 is 0 Å². The minimum atomic E-state index is -0.0473. The van der Waals surface area contributed by atoms with Crippen LogP contribution in [0.1, 0.15) is 54.1 Å². The number of nitrogens with zero attached hydrogens (tertiary/aromatic N) is 2. The van der Waals surface area contributed by atoms with Crippen LogP contribution in [0.25, 0.3) is 0 Å². The minimum Gasteiger partial charge on any atom is -0.342 e. The Bertz CT molecular complexity index is 675. The van der Waals surface area contributed by atoms with E-state index in [1.165, 1.54) is 0 Å². The van der Waals surface area contributed by atoms with Gasteiger partial charge < -0.3 is 15.1 Å². The number of carbonyl (C=O) groups is 2. The molecule has 1 atom stereocenters. The van der Waals surface area contributed by atoms with Gasteiger partial charge in [0.1, 0.15) is 0 Å². The van der Waals surface area contributed by atoms with Gasteiger partial charge in [-0.1, -0.05) is 24.1 Å². The summed E-state index contributed by atoms with van der Waals surface area (Å²) in [7, 11) is 0. The molecule has 0 aliphatic carbocycles. The first-order chi connectivity index (χ1) is 13.5. The molecule has 0 aromatic heterocycles. The summed E-state index contributed by atoms with van der Waals surface area (Å²) in [5.41, 5.74) is 2.96. The van der Waals surface area contributed by atoms with Crippen LogP contribution in [0, 0.1) is 25.7 Å². The molecule has 2 saturated heterocycles. The van der Waals surface area contributed by atoms with Crippen LogP contribution < -0.4 is 5.32 Å². The van der Waals surface area contributed by atoms with Crippen LogP contribution in [-0.2, 0) is 4.79 Å². The SMILES string of the molecule is CCNCC1CCN(C(=O)C2CCCN(C(=O)c3cc(C)cc(C)c3)C2)CC1. The number of hydrogen-bond donors (Lipinski definition) is 1. The summed E-state index contributed by atoms with van der Waals surface area (Å²) >= 11 is 0. The molecule has 0 bridgehead atoms. The molecule has 3 rings (SSSR count). The van der Waals surface area contributed by atoms with E-state index in [9.17, 15) is 9.59 Å². The molecular formula is C23H35N3O2. The van der Waals surface area contributed by atoms with Gasteiger partial charge in [-0.05, 0) is 70.7 Å². The summed E-state index contributed by atoms with van der Waals surface area (Å²) in [6.45, 7) is 11.3. The summed E-state index contributed by atoms with van der Waals surface area (Å²) in [5, 5.41) is 3.42. The highest BCUT2D eigenvalue weighted by Crippen LogP contribution is 2.24. The van der Waals surface area contributed by atoms with Crippen molar-refractivity contribution in [3.8, 4) is 0 Å². The van der Waals surface area contributed by atoms with Crippen molar-refractivity contribution in [2.75, 3.05) is 39.3 Å². The second-order valence-corrected chi connectivity index (χ2v) is 8.54. The highest BCUT2D eigenvalue weighted by atomic mass is 16.2. The number of rotatable bonds is 5. The number of piperidine rings is 2. The van der Waals surface area contributed by atoms with Crippen molar-refractivity contribution in [2.24, 2.45) is 11.8 Å². The van der Waals surface area contributed by atoms with Gasteiger partial charge in [-0.25, -0.2) is 0 Å². The van der Waals surface area contributed by atoms with E-state index in [0.29, 0.717) is 12.5 Å². The smallest absolute Gasteiger partial charge is 0.253 e. The molecule has 5 heteroatoms. The van der Waals surface area contributed by atoms with Gasteiger partial charge in [-0.2, -0.15) is 0 Å². The van der Waals surface area contributed by atoms with Gasteiger partial charge >= 0.3 is 0 Å². The van der Waals surface area contributed by atoms with Crippen molar-refractivity contribution in [3.63, 3.8) is 0 Å². The number of carbonyl (C=O) groups excluding carboxylic acids is 2. The van der Waals surface area contributed by atoms with Gasteiger partial charge in [0.2, 0.25) is 5.91 Å². The van der Waals surface area contributed by atoms with Crippen LogP contribution in [0.4, 0.5) is 0 Å². The van der Waals surface area contributed by atoms with Crippen molar-refractivity contribution in [1.29, 1.82) is 0 Å². The van der Waals surface area contributed by atoms with Crippen molar-refractivity contribution in [2.45, 2.75) is 46.5 Å². The lowest BCUT2D eigenvalue weighted by Gasteiger charge is -2.38.